The molecule has 1 aromatic rings. The lowest BCUT2D eigenvalue weighted by Crippen LogP contribution is -2.51. The fraction of sp³-hybridized carbons (Fsp3) is 0.667. The summed E-state index contributed by atoms with van der Waals surface area (Å²) in [4.78, 5) is 30.8. The number of carbonyl (C=O) groups is 2. The minimum atomic E-state index is -0.400. The van der Waals surface area contributed by atoms with Gasteiger partial charge in [-0.1, -0.05) is 38.5 Å². The molecule has 166 valence electrons. The van der Waals surface area contributed by atoms with Crippen molar-refractivity contribution in [2.45, 2.75) is 70.8 Å². The van der Waals surface area contributed by atoms with Crippen LogP contribution in [0.25, 0.3) is 0 Å². The molecule has 0 spiro atoms. The first-order valence-electron chi connectivity index (χ1n) is 11.4. The summed E-state index contributed by atoms with van der Waals surface area (Å²) < 4.78 is 0. The number of piperidine rings is 1. The summed E-state index contributed by atoms with van der Waals surface area (Å²) in [5.41, 5.74) is 1.65. The number of benzene rings is 1. The van der Waals surface area contributed by atoms with E-state index in [2.05, 4.69) is 31.0 Å². The van der Waals surface area contributed by atoms with E-state index in [1.54, 1.807) is 11.8 Å². The molecule has 3 unspecified atom stereocenters. The molecular weight excluding hydrogens is 394 g/mol. The zero-order chi connectivity index (χ0) is 21.7. The Hall–Kier alpha value is -1.53. The Labute approximate surface area is 186 Å². The number of nitrogens with zero attached hydrogens (tertiary/aromatic N) is 2. The molecule has 30 heavy (non-hydrogen) atoms. The molecule has 2 amide bonds. The third-order valence-corrected chi connectivity index (χ3v) is 8.00. The highest BCUT2D eigenvalue weighted by Crippen LogP contribution is 2.35. The van der Waals surface area contributed by atoms with E-state index in [0.29, 0.717) is 29.8 Å². The molecule has 2 saturated heterocycles. The van der Waals surface area contributed by atoms with Gasteiger partial charge in [0.25, 0.3) is 5.91 Å². The molecule has 5 nitrogen and oxygen atoms in total. The van der Waals surface area contributed by atoms with Gasteiger partial charge < -0.3 is 15.1 Å². The number of hydrogen-bond acceptors (Lipinski definition) is 4. The molecule has 2 aliphatic heterocycles. The highest BCUT2D eigenvalue weighted by atomic mass is 32.2. The monoisotopic (exact) mass is 431 g/mol. The Morgan fingerprint density at radius 2 is 2.00 bits per heavy atom. The first-order valence-corrected chi connectivity index (χ1v) is 12.5. The fourth-order valence-corrected chi connectivity index (χ4v) is 6.03. The van der Waals surface area contributed by atoms with Gasteiger partial charge in [-0.3, -0.25) is 9.59 Å². The molecular formula is C24H37N3O2S. The topological polar surface area (TPSA) is 52.7 Å². The maximum atomic E-state index is 13.4. The second-order valence-corrected chi connectivity index (χ2v) is 10.2. The van der Waals surface area contributed by atoms with Gasteiger partial charge in [0.2, 0.25) is 5.91 Å². The second kappa shape index (κ2) is 10.7. The molecule has 1 N–H and O–H groups in total. The summed E-state index contributed by atoms with van der Waals surface area (Å²) in [6.45, 7) is 11.4. The summed E-state index contributed by atoms with van der Waals surface area (Å²) >= 11 is 1.72. The molecule has 3 atom stereocenters. The van der Waals surface area contributed by atoms with Gasteiger partial charge in [-0.25, -0.2) is 0 Å². The van der Waals surface area contributed by atoms with Gasteiger partial charge in [-0.15, -0.1) is 11.8 Å². The third-order valence-electron chi connectivity index (χ3n) is 6.38. The zero-order valence-electron chi connectivity index (χ0n) is 18.9. The van der Waals surface area contributed by atoms with Crippen molar-refractivity contribution in [1.29, 1.82) is 0 Å². The SMILES string of the molecule is Cc1ccccc1C(=O)N1C(C(=O)NCCCN2CCCCC2C)CSC1C(C)C. The molecule has 0 radical (unpaired) electrons. The highest BCUT2D eigenvalue weighted by molar-refractivity contribution is 8.00. The molecule has 0 saturated carbocycles. The van der Waals surface area contributed by atoms with Crippen LogP contribution in [0.15, 0.2) is 24.3 Å². The van der Waals surface area contributed by atoms with Crippen LogP contribution in [0.4, 0.5) is 0 Å². The number of aryl methyl sites for hydroxylation is 1. The van der Waals surface area contributed by atoms with Crippen LogP contribution in [0.2, 0.25) is 0 Å². The number of nitrogens with one attached hydrogen (secondary N) is 1. The molecule has 3 rings (SSSR count). The molecule has 2 aliphatic rings. The number of amides is 2. The van der Waals surface area contributed by atoms with Gasteiger partial charge in [0.05, 0.1) is 5.37 Å². The normalized spacial score (nSPS) is 25.0. The van der Waals surface area contributed by atoms with Crippen molar-refractivity contribution in [1.82, 2.24) is 15.1 Å². The number of carbonyl (C=O) groups excluding carboxylic acids is 2. The largest absolute Gasteiger partial charge is 0.354 e. The Kier molecular flexibility index (Phi) is 8.23. The minimum Gasteiger partial charge on any atom is -0.354 e. The van der Waals surface area contributed by atoms with Crippen LogP contribution in [0.5, 0.6) is 0 Å². The summed E-state index contributed by atoms with van der Waals surface area (Å²) in [5, 5.41) is 3.15. The maximum Gasteiger partial charge on any atom is 0.255 e. The molecule has 2 fully saturated rings. The first kappa shape index (κ1) is 23.1. The quantitative estimate of drug-likeness (QED) is 0.665. The van der Waals surface area contributed by atoms with Crippen LogP contribution < -0.4 is 5.32 Å². The molecule has 6 heteroatoms. The van der Waals surface area contributed by atoms with E-state index in [4.69, 9.17) is 0 Å². The minimum absolute atomic E-state index is 0.0146. The van der Waals surface area contributed by atoms with Crippen LogP contribution in [0.1, 0.15) is 62.4 Å². The lowest BCUT2D eigenvalue weighted by Gasteiger charge is -2.33. The van der Waals surface area contributed by atoms with Crippen LogP contribution in [0, 0.1) is 12.8 Å². The predicted molar refractivity (Wildman–Crippen MR) is 125 cm³/mol. The van der Waals surface area contributed by atoms with Crippen molar-refractivity contribution in [3.63, 3.8) is 0 Å². The van der Waals surface area contributed by atoms with Gasteiger partial charge in [-0.2, -0.15) is 0 Å². The number of rotatable bonds is 7. The van der Waals surface area contributed by atoms with Crippen molar-refractivity contribution in [3.05, 3.63) is 35.4 Å². The Morgan fingerprint density at radius 3 is 2.70 bits per heavy atom. The summed E-state index contributed by atoms with van der Waals surface area (Å²) in [6, 6.07) is 7.91. The van der Waals surface area contributed by atoms with Crippen molar-refractivity contribution >= 4 is 23.6 Å². The molecule has 0 aromatic heterocycles. The van der Waals surface area contributed by atoms with Crippen LogP contribution in [-0.2, 0) is 4.79 Å². The average molecular weight is 432 g/mol. The van der Waals surface area contributed by atoms with E-state index in [9.17, 15) is 9.59 Å². The highest BCUT2D eigenvalue weighted by Gasteiger charge is 2.43. The van der Waals surface area contributed by atoms with Gasteiger partial charge in [0.15, 0.2) is 0 Å². The van der Waals surface area contributed by atoms with E-state index in [1.165, 1.54) is 25.8 Å². The van der Waals surface area contributed by atoms with E-state index in [-0.39, 0.29) is 17.2 Å². The van der Waals surface area contributed by atoms with Gasteiger partial charge in [0.1, 0.15) is 6.04 Å². The predicted octanol–water partition coefficient (Wildman–Crippen LogP) is 3.92. The lowest BCUT2D eigenvalue weighted by molar-refractivity contribution is -0.125. The average Bonchev–Trinajstić information content (AvgIpc) is 3.18. The Morgan fingerprint density at radius 1 is 1.23 bits per heavy atom. The molecule has 1 aromatic carbocycles. The van der Waals surface area contributed by atoms with Gasteiger partial charge in [-0.05, 0) is 57.2 Å². The van der Waals surface area contributed by atoms with Crippen molar-refractivity contribution in [2.24, 2.45) is 5.92 Å². The van der Waals surface area contributed by atoms with E-state index < -0.39 is 6.04 Å². The second-order valence-electron chi connectivity index (χ2n) is 9.04. The Bertz CT molecular complexity index is 739. The van der Waals surface area contributed by atoms with Crippen LogP contribution >= 0.6 is 11.8 Å². The first-order chi connectivity index (χ1) is 14.4. The van der Waals surface area contributed by atoms with E-state index in [0.717, 1.165) is 18.5 Å². The van der Waals surface area contributed by atoms with Crippen LogP contribution in [0.3, 0.4) is 0 Å². The smallest absolute Gasteiger partial charge is 0.255 e. The van der Waals surface area contributed by atoms with Gasteiger partial charge >= 0.3 is 0 Å². The lowest BCUT2D eigenvalue weighted by atomic mass is 10.0. The van der Waals surface area contributed by atoms with Crippen LogP contribution in [-0.4, -0.2) is 64.5 Å². The van der Waals surface area contributed by atoms with E-state index >= 15 is 0 Å². The summed E-state index contributed by atoms with van der Waals surface area (Å²) in [6.07, 6.45) is 4.84. The summed E-state index contributed by atoms with van der Waals surface area (Å²) in [5.74, 6) is 0.912. The fourth-order valence-electron chi connectivity index (χ4n) is 4.55. The molecule has 0 bridgehead atoms. The van der Waals surface area contributed by atoms with Crippen molar-refractivity contribution in [2.75, 3.05) is 25.4 Å². The molecule has 0 aliphatic carbocycles. The van der Waals surface area contributed by atoms with Crippen molar-refractivity contribution in [3.8, 4) is 0 Å². The number of hydrogen-bond donors (Lipinski definition) is 1. The number of thioether (sulfide) groups is 1. The maximum absolute atomic E-state index is 13.4. The van der Waals surface area contributed by atoms with Gasteiger partial charge in [0, 0.05) is 30.4 Å². The van der Waals surface area contributed by atoms with E-state index in [1.807, 2.05) is 36.1 Å². The van der Waals surface area contributed by atoms with Crippen molar-refractivity contribution < 1.29 is 9.59 Å². The Balaban J connectivity index is 1.60. The number of likely N-dealkylation sites (tertiary alicyclic amines) is 1. The third kappa shape index (κ3) is 5.38. The molecule has 2 heterocycles. The zero-order valence-corrected chi connectivity index (χ0v) is 19.7. The summed E-state index contributed by atoms with van der Waals surface area (Å²) in [7, 11) is 0. The standard InChI is InChI=1S/C24H37N3O2S/c1-17(2)24-27(23(29)20-12-6-5-10-18(20)3)21(16-30-24)22(28)25-13-9-15-26-14-8-7-11-19(26)4/h5-6,10,12,17,19,21,24H,7-9,11,13-16H2,1-4H3,(H,25,28).